The van der Waals surface area contributed by atoms with Crippen molar-refractivity contribution in [2.45, 2.75) is 59.6 Å². The molecule has 1 aliphatic rings. The fourth-order valence-electron chi connectivity index (χ4n) is 2.16. The van der Waals surface area contributed by atoms with Crippen LogP contribution in [0.5, 0.6) is 0 Å². The molecule has 144 valence electrons. The van der Waals surface area contributed by atoms with Crippen molar-refractivity contribution in [2.24, 2.45) is 0 Å². The topological polar surface area (TPSA) is 33.2 Å². The highest BCUT2D eigenvalue weighted by Crippen LogP contribution is 2.32. The Labute approximate surface area is 145 Å². The highest BCUT2D eigenvalue weighted by molar-refractivity contribution is 5.94. The van der Waals surface area contributed by atoms with Gasteiger partial charge in [0.1, 0.15) is 0 Å². The number of hydrogen-bond acceptors (Lipinski definition) is 2. The first-order valence-electron chi connectivity index (χ1n) is 8.31. The number of hydrogen-bond donors (Lipinski definition) is 0. The first-order valence-corrected chi connectivity index (χ1v) is 8.31. The molecule has 0 aromatic carbocycles. The van der Waals surface area contributed by atoms with Gasteiger partial charge in [0.2, 0.25) is 0 Å². The van der Waals surface area contributed by atoms with Crippen LogP contribution >= 0.6 is 0 Å². The summed E-state index contributed by atoms with van der Waals surface area (Å²) in [4.78, 5) is 16.8. The van der Waals surface area contributed by atoms with Gasteiger partial charge in [0.25, 0.3) is 11.8 Å². The molecule has 2 rings (SSSR count). The van der Waals surface area contributed by atoms with Crippen LogP contribution in [0.3, 0.4) is 0 Å². The molecular formula is C17H25F5N2O. The summed E-state index contributed by atoms with van der Waals surface area (Å²) in [5.41, 5.74) is -1.46. The van der Waals surface area contributed by atoms with Gasteiger partial charge < -0.3 is 4.90 Å². The SMILES string of the molecule is CC.CC.Cc1ncc(C(=O)N2CCC(F)(F)CC2)cc1C(F)(F)F. The Morgan fingerprint density at radius 1 is 1.12 bits per heavy atom. The van der Waals surface area contributed by atoms with E-state index in [4.69, 9.17) is 0 Å². The van der Waals surface area contributed by atoms with Crippen molar-refractivity contribution >= 4 is 5.91 Å². The van der Waals surface area contributed by atoms with E-state index in [1.165, 1.54) is 6.92 Å². The maximum atomic E-state index is 13.0. The van der Waals surface area contributed by atoms with Crippen molar-refractivity contribution in [2.75, 3.05) is 13.1 Å². The van der Waals surface area contributed by atoms with Crippen LogP contribution in [-0.4, -0.2) is 34.8 Å². The summed E-state index contributed by atoms with van der Waals surface area (Å²) in [5.74, 6) is -3.53. The second kappa shape index (κ2) is 9.68. The number of aryl methyl sites for hydroxylation is 1. The fourth-order valence-corrected chi connectivity index (χ4v) is 2.16. The molecule has 0 spiro atoms. The number of piperidine rings is 1. The molecule has 0 atom stereocenters. The normalized spacial score (nSPS) is 16.2. The number of alkyl halides is 5. The van der Waals surface area contributed by atoms with E-state index in [0.717, 1.165) is 17.2 Å². The molecule has 0 saturated carbocycles. The van der Waals surface area contributed by atoms with Crippen LogP contribution in [0.15, 0.2) is 12.3 Å². The smallest absolute Gasteiger partial charge is 0.338 e. The Bertz CT molecular complexity index is 548. The lowest BCUT2D eigenvalue weighted by Gasteiger charge is -2.31. The minimum Gasteiger partial charge on any atom is -0.338 e. The first kappa shape index (κ1) is 23.3. The Morgan fingerprint density at radius 2 is 1.60 bits per heavy atom. The van der Waals surface area contributed by atoms with E-state index in [1.54, 1.807) is 0 Å². The Kier molecular flexibility index (Phi) is 9.01. The Hall–Kier alpha value is -1.73. The van der Waals surface area contributed by atoms with Crippen molar-refractivity contribution in [3.05, 3.63) is 29.1 Å². The zero-order valence-corrected chi connectivity index (χ0v) is 15.2. The third-order valence-corrected chi connectivity index (χ3v) is 3.42. The zero-order chi connectivity index (χ0) is 19.8. The van der Waals surface area contributed by atoms with E-state index in [1.807, 2.05) is 27.7 Å². The zero-order valence-electron chi connectivity index (χ0n) is 15.2. The molecule has 1 aliphatic heterocycles. The van der Waals surface area contributed by atoms with E-state index in [0.29, 0.717) is 0 Å². The monoisotopic (exact) mass is 368 g/mol. The highest BCUT2D eigenvalue weighted by Gasteiger charge is 2.37. The van der Waals surface area contributed by atoms with Crippen molar-refractivity contribution in [3.63, 3.8) is 0 Å². The van der Waals surface area contributed by atoms with Crippen molar-refractivity contribution < 1.29 is 26.7 Å². The average Bonchev–Trinajstić information content (AvgIpc) is 2.57. The maximum Gasteiger partial charge on any atom is 0.418 e. The van der Waals surface area contributed by atoms with E-state index in [2.05, 4.69) is 4.98 Å². The Balaban J connectivity index is 0.00000134. The predicted molar refractivity (Wildman–Crippen MR) is 86.8 cm³/mol. The number of amides is 1. The summed E-state index contributed by atoms with van der Waals surface area (Å²) in [5, 5.41) is 0. The molecule has 0 unspecified atom stereocenters. The van der Waals surface area contributed by atoms with E-state index in [-0.39, 0.29) is 24.3 Å². The van der Waals surface area contributed by atoms with E-state index < -0.39 is 36.4 Å². The molecule has 0 N–H and O–H groups in total. The lowest BCUT2D eigenvalue weighted by molar-refractivity contribution is -0.138. The second-order valence-electron chi connectivity index (χ2n) is 5.00. The number of aromatic nitrogens is 1. The predicted octanol–water partition coefficient (Wildman–Crippen LogP) is 5.33. The van der Waals surface area contributed by atoms with Crippen LogP contribution in [0.2, 0.25) is 0 Å². The van der Waals surface area contributed by atoms with Gasteiger partial charge in [-0.3, -0.25) is 9.78 Å². The molecule has 1 aromatic heterocycles. The van der Waals surface area contributed by atoms with Gasteiger partial charge >= 0.3 is 6.18 Å². The standard InChI is InChI=1S/C13H13F5N2O.2C2H6/c1-8-10(13(16,17)18)6-9(7-19-8)11(21)20-4-2-12(14,15)3-5-20;2*1-2/h6-7H,2-5H2,1H3;2*1-2H3. The molecule has 1 saturated heterocycles. The summed E-state index contributed by atoms with van der Waals surface area (Å²) in [6, 6.07) is 0.720. The highest BCUT2D eigenvalue weighted by atomic mass is 19.4. The molecule has 1 amide bonds. The molecule has 1 fully saturated rings. The summed E-state index contributed by atoms with van der Waals surface area (Å²) in [6.07, 6.45) is -4.53. The lowest BCUT2D eigenvalue weighted by Crippen LogP contribution is -2.42. The van der Waals surface area contributed by atoms with Crippen LogP contribution in [0, 0.1) is 6.92 Å². The molecule has 8 heteroatoms. The minimum absolute atomic E-state index is 0.180. The molecule has 3 nitrogen and oxygen atoms in total. The summed E-state index contributed by atoms with van der Waals surface area (Å²) >= 11 is 0. The van der Waals surface area contributed by atoms with Gasteiger partial charge in [-0.15, -0.1) is 0 Å². The van der Waals surface area contributed by atoms with Crippen LogP contribution in [0.1, 0.15) is 62.2 Å². The van der Waals surface area contributed by atoms with Gasteiger partial charge in [0.15, 0.2) is 0 Å². The van der Waals surface area contributed by atoms with Gasteiger partial charge in [-0.1, -0.05) is 27.7 Å². The van der Waals surface area contributed by atoms with Gasteiger partial charge in [-0.25, -0.2) is 8.78 Å². The molecule has 0 radical (unpaired) electrons. The van der Waals surface area contributed by atoms with Crippen molar-refractivity contribution in [3.8, 4) is 0 Å². The minimum atomic E-state index is -4.61. The van der Waals surface area contributed by atoms with Crippen LogP contribution in [-0.2, 0) is 6.18 Å². The van der Waals surface area contributed by atoms with Gasteiger partial charge in [-0.05, 0) is 13.0 Å². The summed E-state index contributed by atoms with van der Waals surface area (Å²) in [6.45, 7) is 8.83. The van der Waals surface area contributed by atoms with Gasteiger partial charge in [0, 0.05) is 37.8 Å². The number of carbonyl (C=O) groups is 1. The molecule has 25 heavy (non-hydrogen) atoms. The van der Waals surface area contributed by atoms with Crippen LogP contribution < -0.4 is 0 Å². The van der Waals surface area contributed by atoms with Crippen LogP contribution in [0.25, 0.3) is 0 Å². The molecule has 1 aromatic rings. The molecule has 0 bridgehead atoms. The Morgan fingerprint density at radius 3 is 2.04 bits per heavy atom. The molecule has 2 heterocycles. The van der Waals surface area contributed by atoms with E-state index in [9.17, 15) is 26.7 Å². The quantitative estimate of drug-likeness (QED) is 0.628. The number of pyridine rings is 1. The number of likely N-dealkylation sites (tertiary alicyclic amines) is 1. The largest absolute Gasteiger partial charge is 0.418 e. The van der Waals surface area contributed by atoms with Gasteiger partial charge in [0.05, 0.1) is 11.1 Å². The van der Waals surface area contributed by atoms with Gasteiger partial charge in [-0.2, -0.15) is 13.2 Å². The number of halogens is 5. The number of carbonyl (C=O) groups excluding carboxylic acids is 1. The second-order valence-corrected chi connectivity index (χ2v) is 5.00. The van der Waals surface area contributed by atoms with Crippen molar-refractivity contribution in [1.29, 1.82) is 0 Å². The lowest BCUT2D eigenvalue weighted by atomic mass is 10.0. The number of rotatable bonds is 1. The first-order chi connectivity index (χ1) is 11.6. The average molecular weight is 368 g/mol. The molecular weight excluding hydrogens is 343 g/mol. The number of nitrogens with zero attached hydrogens (tertiary/aromatic N) is 2. The fraction of sp³-hybridized carbons (Fsp3) is 0.647. The van der Waals surface area contributed by atoms with E-state index >= 15 is 0 Å². The summed E-state index contributed by atoms with van der Waals surface area (Å²) in [7, 11) is 0. The van der Waals surface area contributed by atoms with Crippen LogP contribution in [0.4, 0.5) is 22.0 Å². The third-order valence-electron chi connectivity index (χ3n) is 3.42. The maximum absolute atomic E-state index is 13.0. The van der Waals surface area contributed by atoms with Crippen molar-refractivity contribution in [1.82, 2.24) is 9.88 Å². The third kappa shape index (κ3) is 6.59. The summed E-state index contributed by atoms with van der Waals surface area (Å²) < 4.78 is 64.4. The molecule has 0 aliphatic carbocycles.